The molecular weight excluding hydrogens is 426 g/mol. The highest BCUT2D eigenvalue weighted by molar-refractivity contribution is 5.55. The maximum Gasteiger partial charge on any atom is 0.318 e. The van der Waals surface area contributed by atoms with Crippen LogP contribution in [0.2, 0.25) is 0 Å². The quantitative estimate of drug-likeness (QED) is 0.646. The number of benzene rings is 1. The Bertz CT molecular complexity index is 1090. The zero-order chi connectivity index (χ0) is 22.7. The molecule has 7 rings (SSSR count). The fourth-order valence-corrected chi connectivity index (χ4v) is 7.27. The molecule has 3 fully saturated rings. The van der Waals surface area contributed by atoms with Crippen molar-refractivity contribution in [2.24, 2.45) is 0 Å². The maximum absolute atomic E-state index is 10.2. The van der Waals surface area contributed by atoms with Gasteiger partial charge in [0.25, 0.3) is 0 Å². The van der Waals surface area contributed by atoms with Gasteiger partial charge in [-0.25, -0.2) is 0 Å². The van der Waals surface area contributed by atoms with Gasteiger partial charge in [-0.05, 0) is 87.6 Å². The predicted octanol–water partition coefficient (Wildman–Crippen LogP) is 2.63. The molecule has 4 heterocycles. The Morgan fingerprint density at radius 1 is 1.09 bits per heavy atom. The summed E-state index contributed by atoms with van der Waals surface area (Å²) in [6.07, 6.45) is 10.1. The van der Waals surface area contributed by atoms with E-state index in [4.69, 9.17) is 14.7 Å². The number of rotatable bonds is 4. The zero-order valence-corrected chi connectivity index (χ0v) is 19.9. The first-order valence-electron chi connectivity index (χ1n) is 13.2. The number of phenolic OH excluding ortho intramolecular Hbond substituents is 1. The summed E-state index contributed by atoms with van der Waals surface area (Å²) >= 11 is 0. The van der Waals surface area contributed by atoms with Crippen LogP contribution in [0.3, 0.4) is 0 Å². The Morgan fingerprint density at radius 2 is 1.94 bits per heavy atom. The molecule has 1 spiro atoms. The average molecular weight is 462 g/mol. The van der Waals surface area contributed by atoms with Crippen LogP contribution in [0.5, 0.6) is 11.8 Å². The van der Waals surface area contributed by atoms with Crippen molar-refractivity contribution >= 4 is 5.82 Å². The van der Waals surface area contributed by atoms with Crippen molar-refractivity contribution in [3.8, 4) is 11.8 Å². The topological polar surface area (TPSA) is 82.5 Å². The van der Waals surface area contributed by atoms with Gasteiger partial charge in [0.2, 0.25) is 0 Å². The zero-order valence-electron chi connectivity index (χ0n) is 19.9. The van der Waals surface area contributed by atoms with Gasteiger partial charge in [0, 0.05) is 42.2 Å². The van der Waals surface area contributed by atoms with Crippen LogP contribution in [0.25, 0.3) is 0 Å². The molecule has 3 saturated heterocycles. The normalized spacial score (nSPS) is 31.6. The number of nitrogens with one attached hydrogen (secondary N) is 2. The summed E-state index contributed by atoms with van der Waals surface area (Å²) in [6.45, 7) is 3.74. The minimum Gasteiger partial charge on any atom is -0.508 e. The van der Waals surface area contributed by atoms with Crippen LogP contribution < -0.4 is 20.3 Å². The van der Waals surface area contributed by atoms with Crippen molar-refractivity contribution in [3.63, 3.8) is 0 Å². The first-order chi connectivity index (χ1) is 16.6. The number of hydrogen-bond acceptors (Lipinski definition) is 7. The fourth-order valence-electron chi connectivity index (χ4n) is 7.27. The molecule has 1 unspecified atom stereocenters. The van der Waals surface area contributed by atoms with E-state index in [0.29, 0.717) is 36.5 Å². The largest absolute Gasteiger partial charge is 0.508 e. The van der Waals surface area contributed by atoms with Crippen LogP contribution in [-0.2, 0) is 24.7 Å². The lowest BCUT2D eigenvalue weighted by Crippen LogP contribution is -2.52. The van der Waals surface area contributed by atoms with E-state index in [9.17, 15) is 5.11 Å². The predicted molar refractivity (Wildman–Crippen MR) is 131 cm³/mol. The lowest BCUT2D eigenvalue weighted by atomic mass is 9.69. The summed E-state index contributed by atoms with van der Waals surface area (Å²) in [5.74, 6) is 1.49. The molecule has 0 amide bonds. The number of fused-ring (bicyclic) bond motifs is 5. The second-order valence-electron chi connectivity index (χ2n) is 11.2. The number of aryl methyl sites for hydroxylation is 1. The summed E-state index contributed by atoms with van der Waals surface area (Å²) < 4.78 is 6.23. The lowest BCUT2D eigenvalue weighted by Gasteiger charge is -2.39. The van der Waals surface area contributed by atoms with Crippen molar-refractivity contribution in [2.45, 2.75) is 81.3 Å². The minimum absolute atomic E-state index is 0.0689. The molecule has 5 aliphatic rings. The molecule has 34 heavy (non-hydrogen) atoms. The van der Waals surface area contributed by atoms with E-state index in [1.807, 2.05) is 12.1 Å². The minimum atomic E-state index is 0.0689. The van der Waals surface area contributed by atoms with Crippen LogP contribution in [-0.4, -0.2) is 59.4 Å². The van der Waals surface area contributed by atoms with Crippen LogP contribution in [0.4, 0.5) is 5.82 Å². The van der Waals surface area contributed by atoms with E-state index in [1.165, 1.54) is 36.0 Å². The van der Waals surface area contributed by atoms with Crippen molar-refractivity contribution in [1.82, 2.24) is 20.6 Å². The number of piperazine rings is 1. The first-order valence-corrected chi connectivity index (χ1v) is 13.2. The standard InChI is InChI=1S/C27H35N5O2/c33-21-6-3-17-7-9-27(23(17)12-21)10-8-22-24(13-27)30-26(34-16-20-2-1-11-28-20)31-25(22)32-14-18-4-5-19(15-32)29-18/h3,6,12,18-20,28-29,33H,1-2,4-5,7-11,13-16H2/t18-,19+,20-,27?/m0/s1. The highest BCUT2D eigenvalue weighted by atomic mass is 16.5. The van der Waals surface area contributed by atoms with Crippen molar-refractivity contribution in [1.29, 1.82) is 0 Å². The van der Waals surface area contributed by atoms with Crippen molar-refractivity contribution < 1.29 is 9.84 Å². The van der Waals surface area contributed by atoms with Gasteiger partial charge < -0.3 is 25.4 Å². The molecule has 7 heteroatoms. The third-order valence-corrected chi connectivity index (χ3v) is 9.04. The van der Waals surface area contributed by atoms with Gasteiger partial charge in [-0.2, -0.15) is 9.97 Å². The van der Waals surface area contributed by atoms with Gasteiger partial charge >= 0.3 is 6.01 Å². The number of anilines is 1. The molecule has 2 aliphatic carbocycles. The Balaban J connectivity index is 1.24. The number of nitrogens with zero attached hydrogens (tertiary/aromatic N) is 3. The van der Waals surface area contributed by atoms with Gasteiger partial charge in [-0.15, -0.1) is 0 Å². The van der Waals surface area contributed by atoms with E-state index in [0.717, 1.165) is 69.7 Å². The smallest absolute Gasteiger partial charge is 0.318 e. The molecule has 1 aromatic carbocycles. The molecule has 7 nitrogen and oxygen atoms in total. The monoisotopic (exact) mass is 461 g/mol. The van der Waals surface area contributed by atoms with Gasteiger partial charge in [0.1, 0.15) is 18.2 Å². The third-order valence-electron chi connectivity index (χ3n) is 9.04. The van der Waals surface area contributed by atoms with Gasteiger partial charge in [0.15, 0.2) is 0 Å². The Kier molecular flexibility index (Phi) is 4.99. The molecule has 0 saturated carbocycles. The van der Waals surface area contributed by atoms with E-state index >= 15 is 0 Å². The molecule has 0 radical (unpaired) electrons. The van der Waals surface area contributed by atoms with Crippen LogP contribution in [0.1, 0.15) is 60.9 Å². The summed E-state index contributed by atoms with van der Waals surface area (Å²) in [5.41, 5.74) is 5.27. The fraction of sp³-hybridized carbons (Fsp3) is 0.630. The molecule has 1 aromatic heterocycles. The van der Waals surface area contributed by atoms with E-state index in [1.54, 1.807) is 0 Å². The van der Waals surface area contributed by atoms with Gasteiger partial charge in [-0.3, -0.25) is 0 Å². The van der Waals surface area contributed by atoms with Crippen molar-refractivity contribution in [2.75, 3.05) is 31.1 Å². The molecule has 2 bridgehead atoms. The summed E-state index contributed by atoms with van der Waals surface area (Å²) in [5, 5.41) is 17.5. The summed E-state index contributed by atoms with van der Waals surface area (Å²) in [6, 6.07) is 8.02. The lowest BCUT2D eigenvalue weighted by molar-refractivity contribution is 0.253. The van der Waals surface area contributed by atoms with E-state index in [2.05, 4.69) is 21.6 Å². The van der Waals surface area contributed by atoms with Crippen molar-refractivity contribution in [3.05, 3.63) is 40.6 Å². The van der Waals surface area contributed by atoms with Gasteiger partial charge in [0.05, 0.1) is 5.69 Å². The number of aromatic hydroxyl groups is 1. The number of hydrogen-bond donors (Lipinski definition) is 3. The third kappa shape index (κ3) is 3.55. The van der Waals surface area contributed by atoms with Crippen LogP contribution in [0, 0.1) is 0 Å². The summed E-state index contributed by atoms with van der Waals surface area (Å²) in [7, 11) is 0. The highest BCUT2D eigenvalue weighted by Gasteiger charge is 2.44. The van der Waals surface area contributed by atoms with E-state index in [-0.39, 0.29) is 5.41 Å². The van der Waals surface area contributed by atoms with Crippen LogP contribution >= 0.6 is 0 Å². The Hall–Kier alpha value is -2.38. The average Bonchev–Trinajstić information content (AvgIpc) is 3.57. The SMILES string of the molecule is Oc1ccc2c(c1)C1(CC2)CCc2c(nc(OC[C@@H]3CCCN3)nc2N2C[C@H]3CC[C@@H](C2)N3)C1. The number of ether oxygens (including phenoxy) is 1. The second-order valence-corrected chi connectivity index (χ2v) is 11.2. The van der Waals surface area contributed by atoms with Crippen LogP contribution in [0.15, 0.2) is 18.2 Å². The second kappa shape index (κ2) is 8.09. The highest BCUT2D eigenvalue weighted by Crippen LogP contribution is 2.49. The van der Waals surface area contributed by atoms with E-state index < -0.39 is 0 Å². The Morgan fingerprint density at radius 3 is 2.76 bits per heavy atom. The summed E-state index contributed by atoms with van der Waals surface area (Å²) in [4.78, 5) is 12.6. The Labute approximate surface area is 201 Å². The van der Waals surface area contributed by atoms with Gasteiger partial charge in [-0.1, -0.05) is 6.07 Å². The number of phenols is 1. The maximum atomic E-state index is 10.2. The molecule has 3 N–H and O–H groups in total. The molecular formula is C27H35N5O2. The molecule has 3 aliphatic heterocycles. The molecule has 4 atom stereocenters. The molecule has 180 valence electrons. The molecule has 2 aromatic rings. The first kappa shape index (κ1) is 20.9. The number of aromatic nitrogens is 2.